The molecule has 1 aromatic rings. The standard InChI is InChI=1S/C18H27N3O4/c1-5-21-11-7-10-14(15(21)22)20-17(24)19-13-9-6-8-12(13)16(23)25-18(2,3)4/h7,10-13H,5-6,8-9H2,1-4H3,(H2,19,20,24). The normalized spacial score (nSPS) is 20.2. The summed E-state index contributed by atoms with van der Waals surface area (Å²) in [6.45, 7) is 7.85. The number of pyridine rings is 1. The molecule has 2 rings (SSSR count). The van der Waals surface area contributed by atoms with Crippen LogP contribution in [-0.2, 0) is 16.1 Å². The molecule has 1 aromatic heterocycles. The Labute approximate surface area is 147 Å². The number of esters is 1. The first-order chi connectivity index (χ1) is 11.7. The van der Waals surface area contributed by atoms with Gasteiger partial charge < -0.3 is 19.9 Å². The van der Waals surface area contributed by atoms with Gasteiger partial charge in [0, 0.05) is 18.8 Å². The van der Waals surface area contributed by atoms with Gasteiger partial charge in [0.1, 0.15) is 11.3 Å². The Morgan fingerprint density at radius 2 is 2.04 bits per heavy atom. The third kappa shape index (κ3) is 5.08. The van der Waals surface area contributed by atoms with Gasteiger partial charge in [-0.05, 0) is 52.7 Å². The summed E-state index contributed by atoms with van der Waals surface area (Å²) in [7, 11) is 0. The van der Waals surface area contributed by atoms with Crippen molar-refractivity contribution < 1.29 is 14.3 Å². The van der Waals surface area contributed by atoms with Crippen LogP contribution in [0.25, 0.3) is 0 Å². The van der Waals surface area contributed by atoms with Crippen molar-refractivity contribution in [2.45, 2.75) is 65.1 Å². The third-order valence-electron chi connectivity index (χ3n) is 4.15. The van der Waals surface area contributed by atoms with Crippen LogP contribution in [0.15, 0.2) is 23.1 Å². The number of rotatable bonds is 4. The molecule has 25 heavy (non-hydrogen) atoms. The van der Waals surface area contributed by atoms with Gasteiger partial charge in [0.25, 0.3) is 5.56 Å². The number of amides is 2. The highest BCUT2D eigenvalue weighted by molar-refractivity contribution is 5.89. The summed E-state index contributed by atoms with van der Waals surface area (Å²) in [6, 6.07) is 2.51. The van der Waals surface area contributed by atoms with E-state index >= 15 is 0 Å². The van der Waals surface area contributed by atoms with E-state index in [9.17, 15) is 14.4 Å². The summed E-state index contributed by atoms with van der Waals surface area (Å²) < 4.78 is 6.95. The van der Waals surface area contributed by atoms with Crippen molar-refractivity contribution in [3.8, 4) is 0 Å². The van der Waals surface area contributed by atoms with Gasteiger partial charge >= 0.3 is 12.0 Å². The van der Waals surface area contributed by atoms with Crippen molar-refractivity contribution in [1.82, 2.24) is 9.88 Å². The van der Waals surface area contributed by atoms with Gasteiger partial charge in [-0.3, -0.25) is 9.59 Å². The first-order valence-electron chi connectivity index (χ1n) is 8.71. The Hall–Kier alpha value is -2.31. The van der Waals surface area contributed by atoms with Crippen molar-refractivity contribution >= 4 is 17.7 Å². The number of nitrogens with zero attached hydrogens (tertiary/aromatic N) is 1. The van der Waals surface area contributed by atoms with Crippen LogP contribution in [0.4, 0.5) is 10.5 Å². The van der Waals surface area contributed by atoms with Gasteiger partial charge in [-0.2, -0.15) is 0 Å². The van der Waals surface area contributed by atoms with Gasteiger partial charge in [0.05, 0.1) is 5.92 Å². The first-order valence-corrected chi connectivity index (χ1v) is 8.71. The molecule has 1 aliphatic carbocycles. The fraction of sp³-hybridized carbons (Fsp3) is 0.611. The number of urea groups is 1. The van der Waals surface area contributed by atoms with E-state index in [1.165, 1.54) is 4.57 Å². The van der Waals surface area contributed by atoms with Crippen LogP contribution >= 0.6 is 0 Å². The predicted octanol–water partition coefficient (Wildman–Crippen LogP) is 2.50. The average molecular weight is 349 g/mol. The lowest BCUT2D eigenvalue weighted by Gasteiger charge is -2.25. The second-order valence-electron chi connectivity index (χ2n) is 7.29. The van der Waals surface area contributed by atoms with Crippen molar-refractivity contribution in [2.75, 3.05) is 5.32 Å². The zero-order chi connectivity index (χ0) is 18.6. The summed E-state index contributed by atoms with van der Waals surface area (Å²) in [5, 5.41) is 5.39. The van der Waals surface area contributed by atoms with E-state index in [0.717, 1.165) is 6.42 Å². The number of aromatic nitrogens is 1. The van der Waals surface area contributed by atoms with E-state index in [-0.39, 0.29) is 29.2 Å². The molecular weight excluding hydrogens is 322 g/mol. The molecule has 7 heteroatoms. The molecule has 1 heterocycles. The summed E-state index contributed by atoms with van der Waals surface area (Å²) >= 11 is 0. The molecule has 7 nitrogen and oxygen atoms in total. The first kappa shape index (κ1) is 19.0. The summed E-state index contributed by atoms with van der Waals surface area (Å²) in [5.74, 6) is -0.642. The molecule has 0 spiro atoms. The van der Waals surface area contributed by atoms with Gasteiger partial charge in [0.15, 0.2) is 0 Å². The van der Waals surface area contributed by atoms with Gasteiger partial charge in [0.2, 0.25) is 0 Å². The zero-order valence-electron chi connectivity index (χ0n) is 15.3. The molecule has 1 fully saturated rings. The maximum Gasteiger partial charge on any atom is 0.319 e. The van der Waals surface area contributed by atoms with E-state index in [0.29, 0.717) is 19.4 Å². The van der Waals surface area contributed by atoms with Crippen LogP contribution in [0.2, 0.25) is 0 Å². The number of carbonyl (C=O) groups excluding carboxylic acids is 2. The molecule has 2 atom stereocenters. The number of anilines is 1. The maximum absolute atomic E-state index is 12.3. The smallest absolute Gasteiger partial charge is 0.319 e. The molecule has 2 unspecified atom stereocenters. The van der Waals surface area contributed by atoms with Crippen molar-refractivity contribution in [2.24, 2.45) is 5.92 Å². The lowest BCUT2D eigenvalue weighted by Crippen LogP contribution is -2.44. The highest BCUT2D eigenvalue weighted by Crippen LogP contribution is 2.28. The van der Waals surface area contributed by atoms with Crippen molar-refractivity contribution in [3.05, 3.63) is 28.7 Å². The largest absolute Gasteiger partial charge is 0.460 e. The quantitative estimate of drug-likeness (QED) is 0.817. The molecular formula is C18H27N3O4. The summed E-state index contributed by atoms with van der Waals surface area (Å²) in [4.78, 5) is 36.7. The van der Waals surface area contributed by atoms with Crippen molar-refractivity contribution in [3.63, 3.8) is 0 Å². The maximum atomic E-state index is 12.3. The molecule has 0 aliphatic heterocycles. The minimum absolute atomic E-state index is 0.216. The van der Waals surface area contributed by atoms with Gasteiger partial charge in [-0.15, -0.1) is 0 Å². The number of carbonyl (C=O) groups is 2. The number of aryl methyl sites for hydroxylation is 1. The van der Waals surface area contributed by atoms with Crippen LogP contribution in [-0.4, -0.2) is 28.2 Å². The molecule has 0 radical (unpaired) electrons. The van der Waals surface area contributed by atoms with Gasteiger partial charge in [-0.1, -0.05) is 6.42 Å². The average Bonchev–Trinajstić information content (AvgIpc) is 2.96. The molecule has 138 valence electrons. The topological polar surface area (TPSA) is 89.4 Å². The number of hydrogen-bond acceptors (Lipinski definition) is 4. The molecule has 0 aromatic carbocycles. The van der Waals surface area contributed by atoms with Crippen LogP contribution in [0.1, 0.15) is 47.0 Å². The molecule has 1 aliphatic rings. The number of hydrogen-bond donors (Lipinski definition) is 2. The van der Waals surface area contributed by atoms with Gasteiger partial charge in [-0.25, -0.2) is 4.79 Å². The van der Waals surface area contributed by atoms with E-state index in [2.05, 4.69) is 10.6 Å². The SMILES string of the molecule is CCn1cccc(NC(=O)NC2CCCC2C(=O)OC(C)(C)C)c1=O. The molecule has 2 N–H and O–H groups in total. The van der Waals surface area contributed by atoms with E-state index < -0.39 is 11.6 Å². The summed E-state index contributed by atoms with van der Waals surface area (Å²) in [6.07, 6.45) is 3.92. The Morgan fingerprint density at radius 3 is 2.68 bits per heavy atom. The second kappa shape index (κ2) is 7.72. The third-order valence-corrected chi connectivity index (χ3v) is 4.15. The molecule has 0 bridgehead atoms. The highest BCUT2D eigenvalue weighted by atomic mass is 16.6. The molecule has 2 amide bonds. The predicted molar refractivity (Wildman–Crippen MR) is 95.5 cm³/mol. The summed E-state index contributed by atoms with van der Waals surface area (Å²) in [5.41, 5.74) is -0.592. The number of nitrogens with one attached hydrogen (secondary N) is 2. The lowest BCUT2D eigenvalue weighted by atomic mass is 10.0. The Bertz CT molecular complexity index is 690. The molecule has 1 saturated carbocycles. The minimum atomic E-state index is -0.554. The van der Waals surface area contributed by atoms with E-state index in [1.54, 1.807) is 18.3 Å². The zero-order valence-corrected chi connectivity index (χ0v) is 15.3. The lowest BCUT2D eigenvalue weighted by molar-refractivity contribution is -0.160. The molecule has 0 saturated heterocycles. The monoisotopic (exact) mass is 349 g/mol. The second-order valence-corrected chi connectivity index (χ2v) is 7.29. The van der Waals surface area contributed by atoms with Crippen LogP contribution in [0.3, 0.4) is 0 Å². The fourth-order valence-electron chi connectivity index (χ4n) is 3.00. The van der Waals surface area contributed by atoms with E-state index in [4.69, 9.17) is 4.74 Å². The fourth-order valence-corrected chi connectivity index (χ4v) is 3.00. The Morgan fingerprint density at radius 1 is 1.32 bits per heavy atom. The highest BCUT2D eigenvalue weighted by Gasteiger charge is 2.36. The number of ether oxygens (including phenoxy) is 1. The van der Waals surface area contributed by atoms with Crippen LogP contribution in [0, 0.1) is 5.92 Å². The van der Waals surface area contributed by atoms with E-state index in [1.807, 2.05) is 27.7 Å². The Balaban J connectivity index is 2.00. The van der Waals surface area contributed by atoms with Crippen LogP contribution in [0.5, 0.6) is 0 Å². The van der Waals surface area contributed by atoms with Crippen LogP contribution < -0.4 is 16.2 Å². The Kier molecular flexibility index (Phi) is 5.87. The minimum Gasteiger partial charge on any atom is -0.460 e. The van der Waals surface area contributed by atoms with Crippen molar-refractivity contribution in [1.29, 1.82) is 0 Å².